The van der Waals surface area contributed by atoms with Crippen LogP contribution in [0.3, 0.4) is 0 Å². The van der Waals surface area contributed by atoms with Crippen molar-refractivity contribution in [3.63, 3.8) is 0 Å². The third-order valence-corrected chi connectivity index (χ3v) is 4.22. The van der Waals surface area contributed by atoms with Gasteiger partial charge in [-0.2, -0.15) is 8.42 Å². The highest BCUT2D eigenvalue weighted by molar-refractivity contribution is 7.87. The van der Waals surface area contributed by atoms with Gasteiger partial charge in [0.1, 0.15) is 11.1 Å². The van der Waals surface area contributed by atoms with E-state index in [-0.39, 0.29) is 22.9 Å². The van der Waals surface area contributed by atoms with Crippen LogP contribution in [0.5, 0.6) is 0 Å². The van der Waals surface area contributed by atoms with Crippen molar-refractivity contribution in [3.05, 3.63) is 22.8 Å². The zero-order valence-corrected chi connectivity index (χ0v) is 11.0. The van der Waals surface area contributed by atoms with Gasteiger partial charge in [-0.05, 0) is 6.07 Å². The summed E-state index contributed by atoms with van der Waals surface area (Å²) < 4.78 is 34.5. The molecular weight excluding hydrogens is 299 g/mol. The molecule has 1 aromatic heterocycles. The van der Waals surface area contributed by atoms with Crippen molar-refractivity contribution in [2.45, 2.75) is 11.7 Å². The Morgan fingerprint density at radius 2 is 2.21 bits per heavy atom. The van der Waals surface area contributed by atoms with Gasteiger partial charge in [-0.25, -0.2) is 4.98 Å². The van der Waals surface area contributed by atoms with Crippen molar-refractivity contribution in [2.75, 3.05) is 11.4 Å². The highest BCUT2D eigenvalue weighted by Gasteiger charge is 2.40. The molecule has 2 heterocycles. The maximum atomic E-state index is 12.9. The summed E-state index contributed by atoms with van der Waals surface area (Å²) in [6.07, 6.45) is 1.20. The molecule has 0 N–H and O–H groups in total. The van der Waals surface area contributed by atoms with Crippen molar-refractivity contribution in [1.29, 1.82) is 0 Å². The highest BCUT2D eigenvalue weighted by atomic mass is 35.5. The van der Waals surface area contributed by atoms with E-state index >= 15 is 0 Å². The second-order valence-corrected chi connectivity index (χ2v) is 5.98. The van der Waals surface area contributed by atoms with E-state index < -0.39 is 27.8 Å². The summed E-state index contributed by atoms with van der Waals surface area (Å²) in [4.78, 5) is 27.4. The summed E-state index contributed by atoms with van der Waals surface area (Å²) in [6.45, 7) is -0.383. The van der Waals surface area contributed by atoms with Crippen LogP contribution in [-0.2, 0) is 15.0 Å². The molecule has 1 amide bonds. The number of aromatic nitrogens is 1. The van der Waals surface area contributed by atoms with Crippen LogP contribution in [0.25, 0.3) is 0 Å². The first kappa shape index (κ1) is 13.9. The second kappa shape index (κ2) is 4.86. The third kappa shape index (κ3) is 2.59. The summed E-state index contributed by atoms with van der Waals surface area (Å²) >= 11 is 5.78. The van der Waals surface area contributed by atoms with E-state index in [2.05, 4.69) is 4.98 Å². The summed E-state index contributed by atoms with van der Waals surface area (Å²) in [5.41, 5.74) is -0.0329. The lowest BCUT2D eigenvalue weighted by Gasteiger charge is -2.16. The SMILES string of the molecule is O=Cc1c(Cl)ccnc1N1CC(S(=O)(=O)F)CC1=O. The molecule has 1 aliphatic rings. The minimum atomic E-state index is -4.82. The lowest BCUT2D eigenvalue weighted by molar-refractivity contribution is -0.117. The van der Waals surface area contributed by atoms with Crippen molar-refractivity contribution in [1.82, 2.24) is 4.98 Å². The smallest absolute Gasteiger partial charge is 0.298 e. The Balaban J connectivity index is 2.42. The fraction of sp³-hybridized carbons (Fsp3) is 0.300. The lowest BCUT2D eigenvalue weighted by Crippen LogP contribution is -2.28. The second-order valence-electron chi connectivity index (χ2n) is 3.95. The van der Waals surface area contributed by atoms with Gasteiger partial charge in [-0.3, -0.25) is 14.5 Å². The first-order valence-corrected chi connectivity index (χ1v) is 7.00. The molecule has 0 bridgehead atoms. The van der Waals surface area contributed by atoms with E-state index in [1.54, 1.807) is 0 Å². The average Bonchev–Trinajstić information content (AvgIpc) is 2.70. The number of halogens is 2. The van der Waals surface area contributed by atoms with Crippen LogP contribution >= 0.6 is 11.6 Å². The lowest BCUT2D eigenvalue weighted by atomic mass is 10.2. The summed E-state index contributed by atoms with van der Waals surface area (Å²) in [5.74, 6) is -0.678. The van der Waals surface area contributed by atoms with Gasteiger partial charge in [0.2, 0.25) is 5.91 Å². The Kier molecular flexibility index (Phi) is 3.55. The Morgan fingerprint density at radius 3 is 2.74 bits per heavy atom. The van der Waals surface area contributed by atoms with Gasteiger partial charge >= 0.3 is 10.2 Å². The fourth-order valence-corrected chi connectivity index (χ4v) is 2.69. The Hall–Kier alpha value is -1.54. The zero-order valence-electron chi connectivity index (χ0n) is 9.42. The topological polar surface area (TPSA) is 84.4 Å². The number of pyridine rings is 1. The molecule has 1 saturated heterocycles. The molecule has 19 heavy (non-hydrogen) atoms. The summed E-state index contributed by atoms with van der Waals surface area (Å²) in [7, 11) is -4.82. The van der Waals surface area contributed by atoms with Crippen LogP contribution in [0, 0.1) is 0 Å². The third-order valence-electron chi connectivity index (χ3n) is 2.78. The van der Waals surface area contributed by atoms with Gasteiger partial charge in [-0.15, -0.1) is 3.89 Å². The molecule has 1 aromatic rings. The number of nitrogens with zero attached hydrogens (tertiary/aromatic N) is 2. The van der Waals surface area contributed by atoms with E-state index in [4.69, 9.17) is 11.6 Å². The van der Waals surface area contributed by atoms with Crippen LogP contribution in [-0.4, -0.2) is 37.4 Å². The number of hydrogen-bond acceptors (Lipinski definition) is 5. The molecule has 0 spiro atoms. The van der Waals surface area contributed by atoms with Crippen LogP contribution in [0.15, 0.2) is 12.3 Å². The normalized spacial score (nSPS) is 19.8. The maximum Gasteiger partial charge on any atom is 0.307 e. The Bertz CT molecular complexity index is 649. The molecular formula is C10H8ClFN2O4S. The average molecular weight is 307 g/mol. The van der Waals surface area contributed by atoms with Gasteiger partial charge in [-0.1, -0.05) is 11.6 Å². The van der Waals surface area contributed by atoms with E-state index in [0.717, 1.165) is 4.90 Å². The number of aldehydes is 1. The van der Waals surface area contributed by atoms with Crippen molar-refractivity contribution < 1.29 is 21.9 Å². The highest BCUT2D eigenvalue weighted by Crippen LogP contribution is 2.29. The molecule has 2 rings (SSSR count). The molecule has 0 aliphatic carbocycles. The Labute approximate surface area is 113 Å². The first-order chi connectivity index (χ1) is 8.84. The van der Waals surface area contributed by atoms with Gasteiger partial charge in [0.25, 0.3) is 0 Å². The van der Waals surface area contributed by atoms with Crippen molar-refractivity contribution in [2.24, 2.45) is 0 Å². The van der Waals surface area contributed by atoms with Crippen LogP contribution < -0.4 is 4.90 Å². The molecule has 1 unspecified atom stereocenters. The predicted octanol–water partition coefficient (Wildman–Crippen LogP) is 0.952. The van der Waals surface area contributed by atoms with Gasteiger partial charge < -0.3 is 0 Å². The van der Waals surface area contributed by atoms with Crippen LogP contribution in [0.2, 0.25) is 5.02 Å². The minimum absolute atomic E-state index is 0.0329. The van der Waals surface area contributed by atoms with Crippen LogP contribution in [0.1, 0.15) is 16.8 Å². The molecule has 6 nitrogen and oxygen atoms in total. The number of anilines is 1. The van der Waals surface area contributed by atoms with E-state index in [9.17, 15) is 21.9 Å². The molecule has 102 valence electrons. The fourth-order valence-electron chi connectivity index (χ4n) is 1.83. The number of amides is 1. The van der Waals surface area contributed by atoms with Gasteiger partial charge in [0, 0.05) is 19.2 Å². The maximum absolute atomic E-state index is 12.9. The van der Waals surface area contributed by atoms with E-state index in [0.29, 0.717) is 6.29 Å². The molecule has 1 fully saturated rings. The number of carbonyl (C=O) groups is 2. The van der Waals surface area contributed by atoms with Crippen molar-refractivity contribution >= 4 is 39.8 Å². The molecule has 1 aliphatic heterocycles. The number of rotatable bonds is 3. The zero-order chi connectivity index (χ0) is 14.2. The summed E-state index contributed by atoms with van der Waals surface area (Å²) in [5, 5.41) is -1.36. The first-order valence-electron chi connectivity index (χ1n) is 5.18. The Morgan fingerprint density at radius 1 is 1.53 bits per heavy atom. The van der Waals surface area contributed by atoms with E-state index in [1.807, 2.05) is 0 Å². The van der Waals surface area contributed by atoms with Crippen molar-refractivity contribution in [3.8, 4) is 0 Å². The largest absolute Gasteiger partial charge is 0.307 e. The molecule has 0 radical (unpaired) electrons. The predicted molar refractivity (Wildman–Crippen MR) is 65.4 cm³/mol. The monoisotopic (exact) mass is 306 g/mol. The standard InChI is InChI=1S/C10H8ClFN2O4S/c11-8-1-2-13-10(7(8)5-15)14-4-6(3-9(14)16)19(12,17)18/h1-2,5-6H,3-4H2. The molecule has 9 heteroatoms. The quantitative estimate of drug-likeness (QED) is 0.613. The number of hydrogen-bond donors (Lipinski definition) is 0. The molecule has 0 saturated carbocycles. The number of carbonyl (C=O) groups excluding carboxylic acids is 2. The minimum Gasteiger partial charge on any atom is -0.298 e. The molecule has 0 aromatic carbocycles. The summed E-state index contributed by atoms with van der Waals surface area (Å²) in [6, 6.07) is 1.36. The molecule has 1 atom stereocenters. The van der Waals surface area contributed by atoms with Crippen LogP contribution in [0.4, 0.5) is 9.70 Å². The van der Waals surface area contributed by atoms with E-state index in [1.165, 1.54) is 12.3 Å². The van der Waals surface area contributed by atoms with Gasteiger partial charge in [0.15, 0.2) is 6.29 Å². The van der Waals surface area contributed by atoms with Gasteiger partial charge in [0.05, 0.1) is 10.6 Å².